The van der Waals surface area contributed by atoms with Gasteiger partial charge in [0.05, 0.1) is 23.7 Å². The molecule has 1 aromatic carbocycles. The molecule has 0 heterocycles. The second-order valence-corrected chi connectivity index (χ2v) is 3.75. The normalized spacial score (nSPS) is 14.2. The van der Waals surface area contributed by atoms with E-state index in [1.54, 1.807) is 0 Å². The quantitative estimate of drug-likeness (QED) is 0.454. The highest BCUT2D eigenvalue weighted by Crippen LogP contribution is 2.34. The summed E-state index contributed by atoms with van der Waals surface area (Å²) in [6.07, 6.45) is 1.81. The predicted octanol–water partition coefficient (Wildman–Crippen LogP) is 1.92. The van der Waals surface area contributed by atoms with Gasteiger partial charge in [0.15, 0.2) is 5.75 Å². The lowest BCUT2D eigenvalue weighted by molar-refractivity contribution is -0.385. The van der Waals surface area contributed by atoms with Gasteiger partial charge >= 0.3 is 11.7 Å². The Labute approximate surface area is 97.3 Å². The second kappa shape index (κ2) is 4.40. The number of nitro groups is 1. The molecule has 17 heavy (non-hydrogen) atoms. The number of nitro benzene ring substituents is 1. The van der Waals surface area contributed by atoms with E-state index in [1.165, 1.54) is 25.3 Å². The minimum absolute atomic E-state index is 0.0293. The lowest BCUT2D eigenvalue weighted by Crippen LogP contribution is -2.05. The Hall–Kier alpha value is -2.11. The van der Waals surface area contributed by atoms with Crippen LogP contribution in [0.3, 0.4) is 0 Å². The number of esters is 1. The van der Waals surface area contributed by atoms with Crippen molar-refractivity contribution in [3.8, 4) is 5.75 Å². The molecule has 0 unspecified atom stereocenters. The molecule has 0 amide bonds. The van der Waals surface area contributed by atoms with Crippen LogP contribution in [0.15, 0.2) is 18.2 Å². The summed E-state index contributed by atoms with van der Waals surface area (Å²) in [5.74, 6) is -0.416. The van der Waals surface area contributed by atoms with E-state index in [9.17, 15) is 14.9 Å². The fourth-order valence-electron chi connectivity index (χ4n) is 1.37. The summed E-state index contributed by atoms with van der Waals surface area (Å²) in [5, 5.41) is 10.8. The summed E-state index contributed by atoms with van der Waals surface area (Å²) >= 11 is 0. The van der Waals surface area contributed by atoms with Crippen LogP contribution in [0.4, 0.5) is 5.69 Å². The predicted molar refractivity (Wildman–Crippen MR) is 58.1 cm³/mol. The van der Waals surface area contributed by atoms with Gasteiger partial charge in [0.1, 0.15) is 0 Å². The van der Waals surface area contributed by atoms with Crippen LogP contribution in [-0.4, -0.2) is 24.1 Å². The molecule has 0 spiro atoms. The van der Waals surface area contributed by atoms with Gasteiger partial charge in [-0.3, -0.25) is 10.1 Å². The molecule has 0 aromatic heterocycles. The van der Waals surface area contributed by atoms with Crippen molar-refractivity contribution in [3.63, 3.8) is 0 Å². The molecule has 0 N–H and O–H groups in total. The molecular weight excluding hydrogens is 226 g/mol. The molecule has 2 rings (SSSR count). The Balaban J connectivity index is 2.34. The number of methoxy groups -OCH3 is 1. The van der Waals surface area contributed by atoms with E-state index in [0.717, 1.165) is 12.8 Å². The van der Waals surface area contributed by atoms with Gasteiger partial charge in [-0.25, -0.2) is 4.79 Å². The second-order valence-electron chi connectivity index (χ2n) is 3.75. The van der Waals surface area contributed by atoms with E-state index < -0.39 is 10.9 Å². The van der Waals surface area contributed by atoms with E-state index in [1.807, 2.05) is 0 Å². The largest absolute Gasteiger partial charge is 0.483 e. The van der Waals surface area contributed by atoms with E-state index in [2.05, 4.69) is 4.74 Å². The maximum Gasteiger partial charge on any atom is 0.337 e. The highest BCUT2D eigenvalue weighted by atomic mass is 16.6. The fraction of sp³-hybridized carbons (Fsp3) is 0.364. The number of hydrogen-bond acceptors (Lipinski definition) is 5. The first-order chi connectivity index (χ1) is 8.11. The Kier molecular flexibility index (Phi) is 2.95. The lowest BCUT2D eigenvalue weighted by atomic mass is 10.2. The Morgan fingerprint density at radius 3 is 2.71 bits per heavy atom. The van der Waals surface area contributed by atoms with Gasteiger partial charge in [-0.05, 0) is 18.9 Å². The van der Waals surface area contributed by atoms with E-state index in [4.69, 9.17) is 4.74 Å². The summed E-state index contributed by atoms with van der Waals surface area (Å²) in [7, 11) is 1.26. The first-order valence-electron chi connectivity index (χ1n) is 5.15. The number of ether oxygens (including phenoxy) is 2. The zero-order valence-corrected chi connectivity index (χ0v) is 9.21. The van der Waals surface area contributed by atoms with E-state index in [0.29, 0.717) is 0 Å². The van der Waals surface area contributed by atoms with Crippen molar-refractivity contribution in [1.29, 1.82) is 0 Å². The van der Waals surface area contributed by atoms with Crippen LogP contribution in [0.2, 0.25) is 0 Å². The van der Waals surface area contributed by atoms with E-state index >= 15 is 0 Å². The molecule has 90 valence electrons. The molecule has 1 saturated carbocycles. The maximum absolute atomic E-state index is 11.3. The van der Waals surface area contributed by atoms with Gasteiger partial charge in [-0.15, -0.1) is 0 Å². The monoisotopic (exact) mass is 237 g/mol. The van der Waals surface area contributed by atoms with Crippen LogP contribution < -0.4 is 4.74 Å². The smallest absolute Gasteiger partial charge is 0.337 e. The molecule has 6 heteroatoms. The van der Waals surface area contributed by atoms with Crippen LogP contribution in [0, 0.1) is 10.1 Å². The molecular formula is C11H11NO5. The number of hydrogen-bond donors (Lipinski definition) is 0. The first-order valence-corrected chi connectivity index (χ1v) is 5.15. The zero-order valence-electron chi connectivity index (χ0n) is 9.21. The van der Waals surface area contributed by atoms with Crippen LogP contribution in [0.1, 0.15) is 23.2 Å². The molecule has 0 aliphatic heterocycles. The molecule has 1 aromatic rings. The summed E-state index contributed by atoms with van der Waals surface area (Å²) < 4.78 is 9.95. The van der Waals surface area contributed by atoms with Crippen molar-refractivity contribution in [2.24, 2.45) is 0 Å². The Morgan fingerprint density at radius 2 is 2.18 bits per heavy atom. The third kappa shape index (κ3) is 2.52. The lowest BCUT2D eigenvalue weighted by Gasteiger charge is -2.06. The van der Waals surface area contributed by atoms with Crippen molar-refractivity contribution < 1.29 is 19.2 Å². The minimum Gasteiger partial charge on any atom is -0.483 e. The number of nitrogens with zero attached hydrogens (tertiary/aromatic N) is 1. The summed E-state index contributed by atoms with van der Waals surface area (Å²) in [6, 6.07) is 3.95. The topological polar surface area (TPSA) is 78.7 Å². The average Bonchev–Trinajstić information content (AvgIpc) is 3.11. The van der Waals surface area contributed by atoms with Crippen LogP contribution in [0.5, 0.6) is 5.75 Å². The molecule has 1 fully saturated rings. The van der Waals surface area contributed by atoms with Crippen LogP contribution in [-0.2, 0) is 4.74 Å². The van der Waals surface area contributed by atoms with Crippen LogP contribution >= 0.6 is 0 Å². The number of benzene rings is 1. The fourth-order valence-corrected chi connectivity index (χ4v) is 1.37. The molecule has 0 saturated heterocycles. The highest BCUT2D eigenvalue weighted by molar-refractivity contribution is 5.90. The SMILES string of the molecule is COC(=O)c1ccc([N+](=O)[O-])c(OC2CC2)c1. The molecule has 0 radical (unpaired) electrons. The Bertz CT molecular complexity index is 467. The van der Waals surface area contributed by atoms with Gasteiger partial charge in [-0.2, -0.15) is 0 Å². The molecule has 0 bridgehead atoms. The molecule has 0 atom stereocenters. The Morgan fingerprint density at radius 1 is 1.47 bits per heavy atom. The van der Waals surface area contributed by atoms with Gasteiger partial charge in [0.2, 0.25) is 0 Å². The summed E-state index contributed by atoms with van der Waals surface area (Å²) in [5.41, 5.74) is 0.110. The summed E-state index contributed by atoms with van der Waals surface area (Å²) in [6.45, 7) is 0. The maximum atomic E-state index is 11.3. The van der Waals surface area contributed by atoms with Crippen molar-refractivity contribution >= 4 is 11.7 Å². The van der Waals surface area contributed by atoms with Gasteiger partial charge in [0.25, 0.3) is 0 Å². The average molecular weight is 237 g/mol. The molecule has 6 nitrogen and oxygen atoms in total. The van der Waals surface area contributed by atoms with Gasteiger partial charge in [0, 0.05) is 12.1 Å². The highest BCUT2D eigenvalue weighted by Gasteiger charge is 2.28. The summed E-state index contributed by atoms with van der Waals surface area (Å²) in [4.78, 5) is 21.6. The van der Waals surface area contributed by atoms with Gasteiger partial charge in [-0.1, -0.05) is 0 Å². The number of carbonyl (C=O) groups excluding carboxylic acids is 1. The van der Waals surface area contributed by atoms with Crippen molar-refractivity contribution in [3.05, 3.63) is 33.9 Å². The number of rotatable bonds is 4. The zero-order chi connectivity index (χ0) is 12.4. The van der Waals surface area contributed by atoms with Crippen LogP contribution in [0.25, 0.3) is 0 Å². The number of carbonyl (C=O) groups is 1. The third-order valence-corrected chi connectivity index (χ3v) is 2.40. The van der Waals surface area contributed by atoms with Crippen molar-refractivity contribution in [2.45, 2.75) is 18.9 Å². The van der Waals surface area contributed by atoms with Gasteiger partial charge < -0.3 is 9.47 Å². The molecule has 1 aliphatic carbocycles. The minimum atomic E-state index is -0.541. The standard InChI is InChI=1S/C11H11NO5/c1-16-11(13)7-2-5-9(12(14)15)10(6-7)17-8-3-4-8/h2,5-6,8H,3-4H2,1H3. The third-order valence-electron chi connectivity index (χ3n) is 2.40. The van der Waals surface area contributed by atoms with Crippen molar-refractivity contribution in [1.82, 2.24) is 0 Å². The van der Waals surface area contributed by atoms with E-state index in [-0.39, 0.29) is 23.1 Å². The molecule has 1 aliphatic rings. The first kappa shape index (κ1) is 11.4. The van der Waals surface area contributed by atoms with Crippen molar-refractivity contribution in [2.75, 3.05) is 7.11 Å².